The predicted octanol–water partition coefficient (Wildman–Crippen LogP) is 2.76. The number of nitrogens with zero attached hydrogens (tertiary/aromatic N) is 1. The first kappa shape index (κ1) is 15.6. The first-order valence-electron chi connectivity index (χ1n) is 6.84. The molecule has 0 fully saturated rings. The topological polar surface area (TPSA) is 46.6 Å². The van der Waals surface area contributed by atoms with Gasteiger partial charge in [0.25, 0.3) is 0 Å². The van der Waals surface area contributed by atoms with Gasteiger partial charge in [-0.3, -0.25) is 14.5 Å². The normalized spacial score (nSPS) is 18.7. The third-order valence-electron chi connectivity index (χ3n) is 3.32. The average Bonchev–Trinajstić information content (AvgIpc) is 2.49. The van der Waals surface area contributed by atoms with Crippen molar-refractivity contribution in [1.82, 2.24) is 4.90 Å². The van der Waals surface area contributed by atoms with E-state index in [0.717, 1.165) is 11.3 Å². The molecule has 0 aromatic heterocycles. The summed E-state index contributed by atoms with van der Waals surface area (Å²) in [5, 5.41) is 1.80. The molecule has 0 N–H and O–H groups in total. The van der Waals surface area contributed by atoms with E-state index in [1.165, 1.54) is 23.8 Å². The van der Waals surface area contributed by atoms with Gasteiger partial charge in [-0.25, -0.2) is 0 Å². The van der Waals surface area contributed by atoms with Crippen molar-refractivity contribution in [3.8, 4) is 0 Å². The van der Waals surface area contributed by atoms with Crippen LogP contribution in [0.15, 0.2) is 35.7 Å². The highest BCUT2D eigenvalue weighted by molar-refractivity contribution is 8.03. The van der Waals surface area contributed by atoms with E-state index < -0.39 is 5.97 Å². The maximum absolute atomic E-state index is 12.7. The molecular weight excluding hydrogens is 286 g/mol. The second-order valence-electron chi connectivity index (χ2n) is 5.17. The van der Waals surface area contributed by atoms with Gasteiger partial charge in [0, 0.05) is 0 Å². The van der Waals surface area contributed by atoms with Crippen LogP contribution in [0.3, 0.4) is 0 Å². The number of hydrogen-bond donors (Lipinski definition) is 0. The van der Waals surface area contributed by atoms with Crippen LogP contribution in [-0.4, -0.2) is 35.7 Å². The quantitative estimate of drug-likeness (QED) is 0.803. The van der Waals surface area contributed by atoms with Gasteiger partial charge in [-0.05, 0) is 16.9 Å². The van der Waals surface area contributed by atoms with Crippen LogP contribution in [0.2, 0.25) is 0 Å². The molecule has 0 bridgehead atoms. The summed E-state index contributed by atoms with van der Waals surface area (Å²) in [6.45, 7) is 3.96. The van der Waals surface area contributed by atoms with Gasteiger partial charge < -0.3 is 4.74 Å². The summed E-state index contributed by atoms with van der Waals surface area (Å²) in [6, 6.07) is 9.61. The van der Waals surface area contributed by atoms with E-state index in [4.69, 9.17) is 4.74 Å². The van der Waals surface area contributed by atoms with E-state index in [1.807, 2.05) is 49.6 Å². The highest BCUT2D eigenvalue weighted by Gasteiger charge is 2.34. The monoisotopic (exact) mass is 305 g/mol. The van der Waals surface area contributed by atoms with Crippen molar-refractivity contribution < 1.29 is 14.3 Å². The number of rotatable bonds is 4. The van der Waals surface area contributed by atoms with Gasteiger partial charge >= 0.3 is 5.97 Å². The van der Waals surface area contributed by atoms with Crippen LogP contribution in [0, 0.1) is 5.92 Å². The van der Waals surface area contributed by atoms with E-state index in [9.17, 15) is 9.59 Å². The molecule has 4 nitrogen and oxygen atoms in total. The maximum atomic E-state index is 12.7. The zero-order valence-electron chi connectivity index (χ0n) is 12.4. The number of benzene rings is 1. The lowest BCUT2D eigenvalue weighted by atomic mass is 10.1. The molecule has 0 saturated carbocycles. The van der Waals surface area contributed by atoms with Crippen LogP contribution in [0.5, 0.6) is 0 Å². The molecule has 1 aliphatic rings. The van der Waals surface area contributed by atoms with Gasteiger partial charge in [-0.2, -0.15) is 0 Å². The summed E-state index contributed by atoms with van der Waals surface area (Å²) in [4.78, 5) is 25.8. The van der Waals surface area contributed by atoms with Gasteiger partial charge in [-0.15, -0.1) is 11.8 Å². The molecule has 2 rings (SSSR count). The summed E-state index contributed by atoms with van der Waals surface area (Å²) in [5.41, 5.74) is 1.68. The van der Waals surface area contributed by atoms with Crippen molar-refractivity contribution in [2.75, 3.05) is 13.7 Å². The SMILES string of the molecule is COC(=O)CN1C(=O)C(C(C)C)SC=C1c1ccccc1. The molecule has 0 radical (unpaired) electrons. The largest absolute Gasteiger partial charge is 0.468 e. The molecular formula is C16H19NO3S. The smallest absolute Gasteiger partial charge is 0.325 e. The Labute approximate surface area is 129 Å². The molecule has 0 spiro atoms. The molecule has 1 amide bonds. The Hall–Kier alpha value is -1.75. The Morgan fingerprint density at radius 3 is 2.57 bits per heavy atom. The highest BCUT2D eigenvalue weighted by atomic mass is 32.2. The van der Waals surface area contributed by atoms with Crippen molar-refractivity contribution >= 4 is 29.3 Å². The highest BCUT2D eigenvalue weighted by Crippen LogP contribution is 2.35. The third kappa shape index (κ3) is 3.47. The van der Waals surface area contributed by atoms with Crippen LogP contribution in [0.1, 0.15) is 19.4 Å². The van der Waals surface area contributed by atoms with E-state index in [0.29, 0.717) is 0 Å². The van der Waals surface area contributed by atoms with Crippen LogP contribution in [-0.2, 0) is 14.3 Å². The molecule has 1 aromatic rings. The standard InChI is InChI=1S/C16H19NO3S/c1-11(2)15-16(19)17(9-14(18)20-3)13(10-21-15)12-7-5-4-6-8-12/h4-8,10-11,15H,9H2,1-3H3. The molecule has 1 heterocycles. The van der Waals surface area contributed by atoms with Crippen molar-refractivity contribution in [1.29, 1.82) is 0 Å². The molecule has 112 valence electrons. The minimum atomic E-state index is -0.417. The zero-order valence-corrected chi connectivity index (χ0v) is 13.2. The fourth-order valence-electron chi connectivity index (χ4n) is 2.16. The lowest BCUT2D eigenvalue weighted by Gasteiger charge is -2.33. The van der Waals surface area contributed by atoms with Gasteiger partial charge in [0.15, 0.2) is 0 Å². The van der Waals surface area contributed by atoms with Gasteiger partial charge in [-0.1, -0.05) is 44.2 Å². The number of amides is 1. The molecule has 1 aromatic carbocycles. The first-order valence-corrected chi connectivity index (χ1v) is 7.78. The number of hydrogen-bond acceptors (Lipinski definition) is 4. The number of ether oxygens (including phenoxy) is 1. The minimum absolute atomic E-state index is 0.0400. The number of esters is 1. The zero-order chi connectivity index (χ0) is 15.4. The Morgan fingerprint density at radius 1 is 1.33 bits per heavy atom. The van der Waals surface area contributed by atoms with E-state index in [1.54, 1.807) is 0 Å². The van der Waals surface area contributed by atoms with E-state index in [-0.39, 0.29) is 23.6 Å². The molecule has 1 unspecified atom stereocenters. The van der Waals surface area contributed by atoms with Crippen molar-refractivity contribution in [3.63, 3.8) is 0 Å². The van der Waals surface area contributed by atoms with Crippen molar-refractivity contribution in [2.24, 2.45) is 5.92 Å². The number of carbonyl (C=O) groups excluding carboxylic acids is 2. The molecule has 0 aliphatic carbocycles. The van der Waals surface area contributed by atoms with Crippen molar-refractivity contribution in [2.45, 2.75) is 19.1 Å². The summed E-state index contributed by atoms with van der Waals surface area (Å²) in [6.07, 6.45) is 0. The summed E-state index contributed by atoms with van der Waals surface area (Å²) in [5.74, 6) is -0.252. The third-order valence-corrected chi connectivity index (χ3v) is 4.71. The number of thioether (sulfide) groups is 1. The second kappa shape index (κ2) is 6.80. The molecule has 5 heteroatoms. The first-order chi connectivity index (χ1) is 10.0. The second-order valence-corrected chi connectivity index (χ2v) is 6.19. The predicted molar refractivity (Wildman–Crippen MR) is 84.4 cm³/mol. The van der Waals surface area contributed by atoms with Crippen molar-refractivity contribution in [3.05, 3.63) is 41.3 Å². The van der Waals surface area contributed by atoms with Crippen LogP contribution >= 0.6 is 11.8 Å². The molecule has 1 aliphatic heterocycles. The summed E-state index contributed by atoms with van der Waals surface area (Å²) >= 11 is 1.52. The van der Waals surface area contributed by atoms with E-state index >= 15 is 0 Å². The fraction of sp³-hybridized carbons (Fsp3) is 0.375. The lowest BCUT2D eigenvalue weighted by Crippen LogP contribution is -2.43. The Morgan fingerprint density at radius 2 is 2.00 bits per heavy atom. The molecule has 1 atom stereocenters. The maximum Gasteiger partial charge on any atom is 0.325 e. The fourth-order valence-corrected chi connectivity index (χ4v) is 3.26. The van der Waals surface area contributed by atoms with Crippen LogP contribution in [0.4, 0.5) is 0 Å². The van der Waals surface area contributed by atoms with Gasteiger partial charge in [0.1, 0.15) is 6.54 Å². The number of methoxy groups -OCH3 is 1. The van der Waals surface area contributed by atoms with Crippen LogP contribution < -0.4 is 0 Å². The van der Waals surface area contributed by atoms with E-state index in [2.05, 4.69) is 0 Å². The van der Waals surface area contributed by atoms with Crippen LogP contribution in [0.25, 0.3) is 5.70 Å². The average molecular weight is 305 g/mol. The summed E-state index contributed by atoms with van der Waals surface area (Å²) < 4.78 is 4.71. The van der Waals surface area contributed by atoms with Gasteiger partial charge in [0.2, 0.25) is 5.91 Å². The Bertz CT molecular complexity index is 554. The molecule has 21 heavy (non-hydrogen) atoms. The summed E-state index contributed by atoms with van der Waals surface area (Å²) in [7, 11) is 1.33. The number of carbonyl (C=O) groups is 2. The Kier molecular flexibility index (Phi) is 5.07. The van der Waals surface area contributed by atoms with Gasteiger partial charge in [0.05, 0.1) is 18.1 Å². The Balaban J connectivity index is 2.36. The minimum Gasteiger partial charge on any atom is -0.468 e. The lowest BCUT2D eigenvalue weighted by molar-refractivity contribution is -0.145. The molecule has 0 saturated heterocycles.